The van der Waals surface area contributed by atoms with Crippen molar-refractivity contribution in [2.45, 2.75) is 44.8 Å². The van der Waals surface area contributed by atoms with Crippen molar-refractivity contribution in [3.8, 4) is 0 Å². The summed E-state index contributed by atoms with van der Waals surface area (Å²) in [6.45, 7) is 5.20. The van der Waals surface area contributed by atoms with E-state index in [1.165, 1.54) is 19.2 Å². The van der Waals surface area contributed by atoms with E-state index in [9.17, 15) is 14.0 Å². The third kappa shape index (κ3) is 4.97. The minimum atomic E-state index is -0.537. The third-order valence-corrected chi connectivity index (χ3v) is 5.19. The van der Waals surface area contributed by atoms with Gasteiger partial charge in [-0.05, 0) is 44.4 Å². The molecule has 0 aliphatic carbocycles. The zero-order valence-electron chi connectivity index (χ0n) is 16.8. The summed E-state index contributed by atoms with van der Waals surface area (Å²) >= 11 is 0. The van der Waals surface area contributed by atoms with Crippen LogP contribution < -0.4 is 5.32 Å². The second-order valence-electron chi connectivity index (χ2n) is 7.44. The Kier molecular flexibility index (Phi) is 6.58. The first-order valence-electron chi connectivity index (χ1n) is 9.67. The molecule has 2 heterocycles. The molecule has 1 saturated heterocycles. The molecule has 1 aliphatic rings. The molecule has 1 aromatic carbocycles. The van der Waals surface area contributed by atoms with Crippen LogP contribution in [0.4, 0.5) is 4.39 Å². The molecule has 1 fully saturated rings. The summed E-state index contributed by atoms with van der Waals surface area (Å²) in [4.78, 5) is 26.5. The molecule has 9 heteroatoms. The van der Waals surface area contributed by atoms with Gasteiger partial charge < -0.3 is 10.1 Å². The topological polar surface area (TPSA) is 89.4 Å². The van der Waals surface area contributed by atoms with Crippen molar-refractivity contribution in [2.24, 2.45) is 0 Å². The van der Waals surface area contributed by atoms with Crippen molar-refractivity contribution < 1.29 is 18.7 Å². The van der Waals surface area contributed by atoms with E-state index in [4.69, 9.17) is 0 Å². The van der Waals surface area contributed by atoms with Crippen LogP contribution in [0, 0.1) is 5.82 Å². The molecule has 156 valence electrons. The number of amides is 1. The van der Waals surface area contributed by atoms with Gasteiger partial charge in [-0.2, -0.15) is 0 Å². The Morgan fingerprint density at radius 1 is 1.31 bits per heavy atom. The van der Waals surface area contributed by atoms with Crippen molar-refractivity contribution in [1.82, 2.24) is 25.2 Å². The van der Waals surface area contributed by atoms with Gasteiger partial charge in [-0.15, -0.1) is 5.10 Å². The van der Waals surface area contributed by atoms with E-state index in [1.807, 2.05) is 13.8 Å². The molecule has 29 heavy (non-hydrogen) atoms. The molecule has 0 spiro atoms. The highest BCUT2D eigenvalue weighted by atomic mass is 19.1. The lowest BCUT2D eigenvalue weighted by Crippen LogP contribution is -2.46. The average molecular weight is 403 g/mol. The number of aromatic nitrogens is 3. The van der Waals surface area contributed by atoms with E-state index in [0.29, 0.717) is 25.9 Å². The summed E-state index contributed by atoms with van der Waals surface area (Å²) in [6, 6.07) is 6.10. The van der Waals surface area contributed by atoms with E-state index >= 15 is 0 Å². The molecule has 3 rings (SSSR count). The Morgan fingerprint density at radius 2 is 2.03 bits per heavy atom. The molecule has 2 aromatic rings. The number of methoxy groups -OCH3 is 1. The maximum Gasteiger partial charge on any atom is 0.360 e. The number of benzene rings is 1. The molecular formula is C20H26FN5O3. The first-order chi connectivity index (χ1) is 13.9. The summed E-state index contributed by atoms with van der Waals surface area (Å²) in [5.74, 6) is -0.854. The number of hydrogen-bond acceptors (Lipinski definition) is 6. The van der Waals surface area contributed by atoms with E-state index in [-0.39, 0.29) is 35.5 Å². The fourth-order valence-electron chi connectivity index (χ4n) is 3.61. The molecule has 2 atom stereocenters. The number of nitrogens with one attached hydrogen (secondary N) is 1. The summed E-state index contributed by atoms with van der Waals surface area (Å²) in [7, 11) is 1.30. The Labute approximate surface area is 169 Å². The van der Waals surface area contributed by atoms with Crippen molar-refractivity contribution in [3.63, 3.8) is 0 Å². The number of carbonyl (C=O) groups is 2. The molecule has 0 bridgehead atoms. The van der Waals surface area contributed by atoms with Crippen LogP contribution in [0.5, 0.6) is 0 Å². The highest BCUT2D eigenvalue weighted by Crippen LogP contribution is 2.29. The smallest absolute Gasteiger partial charge is 0.360 e. The number of halogens is 1. The van der Waals surface area contributed by atoms with Crippen molar-refractivity contribution >= 4 is 11.9 Å². The highest BCUT2D eigenvalue weighted by molar-refractivity contribution is 5.86. The Hall–Kier alpha value is -2.81. The minimum absolute atomic E-state index is 0.0448. The molecule has 0 saturated carbocycles. The summed E-state index contributed by atoms with van der Waals surface area (Å²) < 4.78 is 19.3. The summed E-state index contributed by atoms with van der Waals surface area (Å²) in [5, 5.41) is 10.9. The standard InChI is InChI=1S/C20H26FN5O3/c1-13(2)25-11-16(26-12-17(23-24-26)20(28)29-3)10-18(25)19(27)22-9-8-14-4-6-15(21)7-5-14/h4-7,12-13,16,18H,8-11H2,1-3H3,(H,22,27)/t16-,18-/m0/s1. The Bertz CT molecular complexity index is 852. The lowest BCUT2D eigenvalue weighted by atomic mass is 10.1. The molecule has 1 aliphatic heterocycles. The number of ether oxygens (including phenoxy) is 1. The summed E-state index contributed by atoms with van der Waals surface area (Å²) in [6.07, 6.45) is 2.77. The maximum atomic E-state index is 13.0. The third-order valence-electron chi connectivity index (χ3n) is 5.19. The number of carbonyl (C=O) groups excluding carboxylic acids is 2. The molecule has 0 radical (unpaired) electrons. The lowest BCUT2D eigenvalue weighted by Gasteiger charge is -2.27. The predicted octanol–water partition coefficient (Wildman–Crippen LogP) is 1.59. The molecule has 0 unspecified atom stereocenters. The van der Waals surface area contributed by atoms with E-state index < -0.39 is 5.97 Å². The van der Waals surface area contributed by atoms with Crippen LogP contribution in [0.1, 0.15) is 42.4 Å². The normalized spacial score (nSPS) is 19.5. The number of nitrogens with zero attached hydrogens (tertiary/aromatic N) is 4. The molecule has 8 nitrogen and oxygen atoms in total. The van der Waals surface area contributed by atoms with Gasteiger partial charge in [-0.1, -0.05) is 17.3 Å². The largest absolute Gasteiger partial charge is 0.464 e. The van der Waals surface area contributed by atoms with Crippen LogP contribution in [0.15, 0.2) is 30.5 Å². The van der Waals surface area contributed by atoms with E-state index in [1.54, 1.807) is 23.0 Å². The molecule has 1 aromatic heterocycles. The number of rotatable bonds is 7. The fraction of sp³-hybridized carbons (Fsp3) is 0.500. The molecule has 1 amide bonds. The van der Waals surface area contributed by atoms with Crippen molar-refractivity contribution in [3.05, 3.63) is 47.5 Å². The van der Waals surface area contributed by atoms with Crippen LogP contribution in [0.2, 0.25) is 0 Å². The van der Waals surface area contributed by atoms with Gasteiger partial charge in [0.2, 0.25) is 5.91 Å². The number of esters is 1. The van der Waals surface area contributed by atoms with Crippen LogP contribution in [-0.4, -0.2) is 64.1 Å². The van der Waals surface area contributed by atoms with Crippen molar-refractivity contribution in [1.29, 1.82) is 0 Å². The first-order valence-corrected chi connectivity index (χ1v) is 9.67. The fourth-order valence-corrected chi connectivity index (χ4v) is 3.61. The van der Waals surface area contributed by atoms with Crippen LogP contribution in [0.25, 0.3) is 0 Å². The zero-order chi connectivity index (χ0) is 21.0. The highest BCUT2D eigenvalue weighted by Gasteiger charge is 2.39. The molecular weight excluding hydrogens is 377 g/mol. The lowest BCUT2D eigenvalue weighted by molar-refractivity contribution is -0.126. The summed E-state index contributed by atoms with van der Waals surface area (Å²) in [5.41, 5.74) is 1.12. The average Bonchev–Trinajstić information content (AvgIpc) is 3.36. The van der Waals surface area contributed by atoms with E-state index in [0.717, 1.165) is 5.56 Å². The minimum Gasteiger partial charge on any atom is -0.464 e. The monoisotopic (exact) mass is 403 g/mol. The van der Waals surface area contributed by atoms with Gasteiger partial charge in [-0.3, -0.25) is 9.69 Å². The number of likely N-dealkylation sites (tertiary alicyclic amines) is 1. The van der Waals surface area contributed by atoms with Gasteiger partial charge in [0, 0.05) is 19.1 Å². The SMILES string of the molecule is COC(=O)c1cn([C@H]2C[C@@H](C(=O)NCCc3ccc(F)cc3)N(C(C)C)C2)nn1. The van der Waals surface area contributed by atoms with Gasteiger partial charge in [0.25, 0.3) is 0 Å². The van der Waals surface area contributed by atoms with Crippen LogP contribution >= 0.6 is 0 Å². The van der Waals surface area contributed by atoms with Gasteiger partial charge in [0.1, 0.15) is 5.82 Å². The predicted molar refractivity (Wildman–Crippen MR) is 104 cm³/mol. The van der Waals surface area contributed by atoms with Gasteiger partial charge in [0.15, 0.2) is 5.69 Å². The zero-order valence-corrected chi connectivity index (χ0v) is 16.8. The second kappa shape index (κ2) is 9.13. The Morgan fingerprint density at radius 3 is 2.69 bits per heavy atom. The van der Waals surface area contributed by atoms with Crippen LogP contribution in [-0.2, 0) is 16.0 Å². The Balaban J connectivity index is 1.61. The van der Waals surface area contributed by atoms with Gasteiger partial charge in [-0.25, -0.2) is 13.9 Å². The quantitative estimate of drug-likeness (QED) is 0.706. The maximum absolute atomic E-state index is 13.0. The van der Waals surface area contributed by atoms with Gasteiger partial charge in [0.05, 0.1) is 25.4 Å². The van der Waals surface area contributed by atoms with Crippen molar-refractivity contribution in [2.75, 3.05) is 20.2 Å². The van der Waals surface area contributed by atoms with Gasteiger partial charge >= 0.3 is 5.97 Å². The number of hydrogen-bond donors (Lipinski definition) is 1. The van der Waals surface area contributed by atoms with E-state index in [2.05, 4.69) is 25.3 Å². The van der Waals surface area contributed by atoms with Crippen LogP contribution in [0.3, 0.4) is 0 Å². The second-order valence-corrected chi connectivity index (χ2v) is 7.44. The molecule has 1 N–H and O–H groups in total. The first kappa shape index (κ1) is 20.9.